The second-order valence-electron chi connectivity index (χ2n) is 1.83. The molecule has 56 valence electrons. The van der Waals surface area contributed by atoms with Crippen molar-refractivity contribution >= 4 is 26.9 Å². The molecule has 2 N–H and O–H groups in total. The van der Waals surface area contributed by atoms with E-state index in [1.807, 2.05) is 0 Å². The molecule has 0 aromatic heterocycles. The summed E-state index contributed by atoms with van der Waals surface area (Å²) in [6.45, 7) is 0. The van der Waals surface area contributed by atoms with Gasteiger partial charge in [-0.05, 0) is 12.8 Å². The van der Waals surface area contributed by atoms with Gasteiger partial charge in [-0.1, -0.05) is 22.4 Å². The van der Waals surface area contributed by atoms with Gasteiger partial charge >= 0.3 is 0 Å². The third-order valence-electron chi connectivity index (χ3n) is 0.979. The molecule has 0 aliphatic heterocycles. The lowest BCUT2D eigenvalue weighted by molar-refractivity contribution is 0.678. The SMILES string of the molecule is NS(=O)CCCCCBr. The average Bonchev–Trinajstić information content (AvgIpc) is 1.80. The van der Waals surface area contributed by atoms with Gasteiger partial charge in [0.25, 0.3) is 0 Å². The van der Waals surface area contributed by atoms with Crippen molar-refractivity contribution in [1.82, 2.24) is 0 Å². The fourth-order valence-electron chi connectivity index (χ4n) is 0.516. The summed E-state index contributed by atoms with van der Waals surface area (Å²) >= 11 is 3.31. The summed E-state index contributed by atoms with van der Waals surface area (Å²) in [4.78, 5) is 0. The Hall–Kier alpha value is 0.590. The first kappa shape index (κ1) is 9.59. The average molecular weight is 214 g/mol. The first-order valence-electron chi connectivity index (χ1n) is 2.96. The zero-order valence-corrected chi connectivity index (χ0v) is 7.71. The van der Waals surface area contributed by atoms with E-state index in [4.69, 9.17) is 5.14 Å². The molecule has 0 bridgehead atoms. The van der Waals surface area contributed by atoms with Crippen molar-refractivity contribution < 1.29 is 4.21 Å². The van der Waals surface area contributed by atoms with E-state index in [1.165, 1.54) is 0 Å². The Morgan fingerprint density at radius 2 is 2.00 bits per heavy atom. The summed E-state index contributed by atoms with van der Waals surface area (Å²) in [5.41, 5.74) is 0. The van der Waals surface area contributed by atoms with E-state index in [-0.39, 0.29) is 0 Å². The summed E-state index contributed by atoms with van der Waals surface area (Å²) < 4.78 is 10.3. The van der Waals surface area contributed by atoms with Crippen LogP contribution in [-0.4, -0.2) is 15.3 Å². The van der Waals surface area contributed by atoms with Crippen LogP contribution in [0.1, 0.15) is 19.3 Å². The third kappa shape index (κ3) is 8.59. The quantitative estimate of drug-likeness (QED) is 0.541. The zero-order chi connectivity index (χ0) is 7.11. The van der Waals surface area contributed by atoms with Gasteiger partial charge in [-0.3, -0.25) is 5.14 Å². The Morgan fingerprint density at radius 1 is 1.33 bits per heavy atom. The smallest absolute Gasteiger partial charge is 0.0887 e. The van der Waals surface area contributed by atoms with Gasteiger partial charge in [-0.15, -0.1) is 0 Å². The lowest BCUT2D eigenvalue weighted by atomic mass is 10.3. The first-order chi connectivity index (χ1) is 4.27. The number of halogens is 1. The largest absolute Gasteiger partial charge is 0.252 e. The normalized spacial score (nSPS) is 13.6. The van der Waals surface area contributed by atoms with Crippen molar-refractivity contribution in [3.8, 4) is 0 Å². The Morgan fingerprint density at radius 3 is 2.44 bits per heavy atom. The van der Waals surface area contributed by atoms with E-state index in [1.54, 1.807) is 0 Å². The maximum atomic E-state index is 10.3. The predicted molar refractivity (Wildman–Crippen MR) is 44.8 cm³/mol. The number of unbranched alkanes of at least 4 members (excludes halogenated alkanes) is 2. The minimum absolute atomic E-state index is 0.646. The summed E-state index contributed by atoms with van der Waals surface area (Å²) in [5.74, 6) is 0.646. The minimum atomic E-state index is -1.08. The second-order valence-corrected chi connectivity index (χ2v) is 3.80. The van der Waals surface area contributed by atoms with Gasteiger partial charge in [0.15, 0.2) is 0 Å². The Kier molecular flexibility index (Phi) is 7.15. The van der Waals surface area contributed by atoms with E-state index in [9.17, 15) is 4.21 Å². The summed E-state index contributed by atoms with van der Waals surface area (Å²) in [7, 11) is -1.08. The van der Waals surface area contributed by atoms with Crippen molar-refractivity contribution in [1.29, 1.82) is 0 Å². The summed E-state index contributed by atoms with van der Waals surface area (Å²) in [6, 6.07) is 0. The number of rotatable bonds is 5. The van der Waals surface area contributed by atoms with Crippen molar-refractivity contribution in [3.05, 3.63) is 0 Å². The molecule has 0 fully saturated rings. The molecule has 0 aliphatic rings. The number of nitrogens with two attached hydrogens (primary N) is 1. The molecular weight excluding hydrogens is 202 g/mol. The highest BCUT2D eigenvalue weighted by molar-refractivity contribution is 9.09. The second kappa shape index (κ2) is 6.71. The number of alkyl halides is 1. The highest BCUT2D eigenvalue weighted by Gasteiger charge is 1.90. The van der Waals surface area contributed by atoms with Crippen LogP contribution in [0.25, 0.3) is 0 Å². The molecule has 0 heterocycles. The molecule has 0 saturated carbocycles. The molecule has 0 radical (unpaired) electrons. The van der Waals surface area contributed by atoms with Gasteiger partial charge in [0.05, 0.1) is 11.0 Å². The maximum Gasteiger partial charge on any atom is 0.0887 e. The van der Waals surface area contributed by atoms with E-state index < -0.39 is 11.0 Å². The van der Waals surface area contributed by atoms with E-state index in [0.29, 0.717) is 5.75 Å². The third-order valence-corrected chi connectivity index (χ3v) is 2.23. The van der Waals surface area contributed by atoms with E-state index in [2.05, 4.69) is 15.9 Å². The molecule has 9 heavy (non-hydrogen) atoms. The van der Waals surface area contributed by atoms with Crippen LogP contribution in [-0.2, 0) is 11.0 Å². The van der Waals surface area contributed by atoms with Crippen molar-refractivity contribution in [2.75, 3.05) is 11.1 Å². The minimum Gasteiger partial charge on any atom is -0.252 e. The van der Waals surface area contributed by atoms with Gasteiger partial charge in [0.1, 0.15) is 0 Å². The molecule has 0 spiro atoms. The van der Waals surface area contributed by atoms with Gasteiger partial charge in [-0.2, -0.15) is 0 Å². The Bertz CT molecular complexity index is 89.0. The topological polar surface area (TPSA) is 43.1 Å². The van der Waals surface area contributed by atoms with Crippen molar-refractivity contribution in [2.24, 2.45) is 5.14 Å². The number of hydrogen-bond donors (Lipinski definition) is 1. The van der Waals surface area contributed by atoms with Crippen LogP contribution in [0.3, 0.4) is 0 Å². The molecule has 4 heteroatoms. The standard InChI is InChI=1S/C5H12BrNOS/c6-4-2-1-3-5-9(7)8/h1-5,7H2. The molecule has 0 aromatic rings. The fraction of sp³-hybridized carbons (Fsp3) is 1.00. The molecule has 0 amide bonds. The van der Waals surface area contributed by atoms with Crippen LogP contribution in [0.15, 0.2) is 0 Å². The van der Waals surface area contributed by atoms with Gasteiger partial charge in [-0.25, -0.2) is 4.21 Å². The molecule has 1 atom stereocenters. The van der Waals surface area contributed by atoms with E-state index >= 15 is 0 Å². The van der Waals surface area contributed by atoms with Crippen molar-refractivity contribution in [2.45, 2.75) is 19.3 Å². The van der Waals surface area contributed by atoms with Gasteiger partial charge < -0.3 is 0 Å². The van der Waals surface area contributed by atoms with Crippen LogP contribution < -0.4 is 5.14 Å². The van der Waals surface area contributed by atoms with Crippen LogP contribution in [0.2, 0.25) is 0 Å². The first-order valence-corrected chi connectivity index (χ1v) is 5.46. The Balaban J connectivity index is 2.83. The molecular formula is C5H12BrNOS. The van der Waals surface area contributed by atoms with E-state index in [0.717, 1.165) is 24.6 Å². The maximum absolute atomic E-state index is 10.3. The predicted octanol–water partition coefficient (Wildman–Crippen LogP) is 1.17. The van der Waals surface area contributed by atoms with Crippen molar-refractivity contribution in [3.63, 3.8) is 0 Å². The molecule has 0 aromatic carbocycles. The van der Waals surface area contributed by atoms with Crippen LogP contribution in [0.4, 0.5) is 0 Å². The van der Waals surface area contributed by atoms with Crippen LogP contribution >= 0.6 is 15.9 Å². The molecule has 0 saturated heterocycles. The lowest BCUT2D eigenvalue weighted by Gasteiger charge is -1.93. The summed E-state index contributed by atoms with van der Waals surface area (Å²) in [6.07, 6.45) is 3.25. The monoisotopic (exact) mass is 213 g/mol. The molecule has 0 aliphatic carbocycles. The van der Waals surface area contributed by atoms with Gasteiger partial charge in [0, 0.05) is 11.1 Å². The highest BCUT2D eigenvalue weighted by Crippen LogP contribution is 1.97. The number of hydrogen-bond acceptors (Lipinski definition) is 1. The van der Waals surface area contributed by atoms with Crippen LogP contribution in [0.5, 0.6) is 0 Å². The molecule has 0 rings (SSSR count). The fourth-order valence-corrected chi connectivity index (χ4v) is 1.40. The Labute approximate surface area is 66.9 Å². The zero-order valence-electron chi connectivity index (χ0n) is 5.31. The van der Waals surface area contributed by atoms with Crippen LogP contribution in [0, 0.1) is 0 Å². The molecule has 2 nitrogen and oxygen atoms in total. The summed E-state index contributed by atoms with van der Waals surface area (Å²) in [5, 5.41) is 6.07. The van der Waals surface area contributed by atoms with Gasteiger partial charge in [0.2, 0.25) is 0 Å². The highest BCUT2D eigenvalue weighted by atomic mass is 79.9. The molecule has 1 unspecified atom stereocenters. The lowest BCUT2D eigenvalue weighted by Crippen LogP contribution is -2.06.